The van der Waals surface area contributed by atoms with Crippen molar-refractivity contribution in [2.75, 3.05) is 39.8 Å². The third-order valence-electron chi connectivity index (χ3n) is 3.16. The van der Waals surface area contributed by atoms with Crippen LogP contribution < -0.4 is 4.72 Å². The highest BCUT2D eigenvalue weighted by atomic mass is 79.9. The molecule has 118 valence electrons. The third-order valence-corrected chi connectivity index (χ3v) is 7.51. The molecule has 2 heterocycles. The zero-order valence-electron chi connectivity index (χ0n) is 11.3. The molecule has 0 aromatic carbocycles. The van der Waals surface area contributed by atoms with Crippen LogP contribution in [0.5, 0.6) is 0 Å². The summed E-state index contributed by atoms with van der Waals surface area (Å²) in [5, 5.41) is 0. The van der Waals surface area contributed by atoms with Crippen LogP contribution in [0.4, 0.5) is 0 Å². The van der Waals surface area contributed by atoms with Gasteiger partial charge >= 0.3 is 0 Å². The summed E-state index contributed by atoms with van der Waals surface area (Å²) in [5.41, 5.74) is 0. The molecule has 2 rings (SSSR count). The van der Waals surface area contributed by atoms with Gasteiger partial charge in [-0.1, -0.05) is 11.6 Å². The van der Waals surface area contributed by atoms with E-state index in [1.54, 1.807) is 4.90 Å². The van der Waals surface area contributed by atoms with Crippen LogP contribution in [0.1, 0.15) is 0 Å². The molecule has 1 aliphatic heterocycles. The average Bonchev–Trinajstić information content (AvgIpc) is 2.78. The molecule has 21 heavy (non-hydrogen) atoms. The summed E-state index contributed by atoms with van der Waals surface area (Å²) < 4.78 is 27.5. The Bertz CT molecular complexity index is 607. The number of carbonyl (C=O) groups is 1. The van der Waals surface area contributed by atoms with Gasteiger partial charge in [0.1, 0.15) is 8.55 Å². The van der Waals surface area contributed by atoms with E-state index >= 15 is 0 Å². The summed E-state index contributed by atoms with van der Waals surface area (Å²) in [5.74, 6) is -0.214. The second-order valence-corrected chi connectivity index (χ2v) is 9.20. The molecular formula is C11H15BrClN3O3S2. The summed E-state index contributed by atoms with van der Waals surface area (Å²) in [7, 11) is -1.72. The molecule has 1 N–H and O–H groups in total. The van der Waals surface area contributed by atoms with E-state index in [2.05, 4.69) is 25.6 Å². The van der Waals surface area contributed by atoms with Crippen molar-refractivity contribution in [1.82, 2.24) is 14.5 Å². The van der Waals surface area contributed by atoms with Gasteiger partial charge in [0.15, 0.2) is 0 Å². The van der Waals surface area contributed by atoms with Crippen molar-refractivity contribution in [2.45, 2.75) is 4.21 Å². The number of piperazine rings is 1. The lowest BCUT2D eigenvalue weighted by atomic mass is 10.3. The quantitative estimate of drug-likeness (QED) is 0.801. The van der Waals surface area contributed by atoms with Crippen molar-refractivity contribution < 1.29 is 13.2 Å². The van der Waals surface area contributed by atoms with Gasteiger partial charge in [0, 0.05) is 30.7 Å². The molecule has 1 aromatic heterocycles. The van der Waals surface area contributed by atoms with Crippen molar-refractivity contribution in [2.24, 2.45) is 0 Å². The fourth-order valence-electron chi connectivity index (χ4n) is 1.85. The van der Waals surface area contributed by atoms with Crippen molar-refractivity contribution in [1.29, 1.82) is 0 Å². The predicted octanol–water partition coefficient (Wildman–Crippen LogP) is 1.22. The Morgan fingerprint density at radius 2 is 2.05 bits per heavy atom. The second-order valence-electron chi connectivity index (χ2n) is 4.70. The van der Waals surface area contributed by atoms with E-state index in [1.807, 2.05) is 7.05 Å². The molecule has 0 unspecified atom stereocenters. The van der Waals surface area contributed by atoms with Crippen LogP contribution in [0.15, 0.2) is 14.7 Å². The van der Waals surface area contributed by atoms with Gasteiger partial charge in [-0.25, -0.2) is 13.1 Å². The van der Waals surface area contributed by atoms with Crippen LogP contribution in [0.3, 0.4) is 0 Å². The largest absolute Gasteiger partial charge is 0.339 e. The van der Waals surface area contributed by atoms with Crippen molar-refractivity contribution in [3.63, 3.8) is 0 Å². The number of sulfonamides is 1. The number of carbonyl (C=O) groups excluding carboxylic acids is 1. The number of halogens is 2. The summed E-state index contributed by atoms with van der Waals surface area (Å²) in [6.07, 6.45) is 0. The number of thiophene rings is 1. The fourth-order valence-corrected chi connectivity index (χ4v) is 5.17. The first-order valence-corrected chi connectivity index (χ1v) is 9.67. The molecule has 1 saturated heterocycles. The molecule has 0 aliphatic carbocycles. The first-order valence-electron chi connectivity index (χ1n) is 6.20. The molecule has 0 radical (unpaired) electrons. The van der Waals surface area contributed by atoms with Gasteiger partial charge in [-0.2, -0.15) is 0 Å². The molecular weight excluding hydrogens is 402 g/mol. The Morgan fingerprint density at radius 3 is 2.57 bits per heavy atom. The molecule has 6 nitrogen and oxygen atoms in total. The van der Waals surface area contributed by atoms with E-state index in [-0.39, 0.29) is 16.7 Å². The van der Waals surface area contributed by atoms with E-state index in [1.165, 1.54) is 6.07 Å². The maximum Gasteiger partial charge on any atom is 0.250 e. The Hall–Kier alpha value is -0.190. The zero-order valence-corrected chi connectivity index (χ0v) is 15.3. The lowest BCUT2D eigenvalue weighted by molar-refractivity contribution is -0.131. The van der Waals surface area contributed by atoms with Gasteiger partial charge in [-0.3, -0.25) is 4.79 Å². The highest BCUT2D eigenvalue weighted by Gasteiger charge is 2.23. The van der Waals surface area contributed by atoms with Crippen LogP contribution in [-0.4, -0.2) is 63.9 Å². The Balaban J connectivity index is 1.94. The Morgan fingerprint density at radius 1 is 1.43 bits per heavy atom. The molecule has 0 atom stereocenters. The molecule has 0 spiro atoms. The SMILES string of the molecule is CN1CCN(C(=O)CNS(=O)(=O)c2cc(Br)c(Cl)s2)CC1. The van der Waals surface area contributed by atoms with E-state index in [9.17, 15) is 13.2 Å². The molecule has 1 aliphatic rings. The smallest absolute Gasteiger partial charge is 0.250 e. The third kappa shape index (κ3) is 4.40. The van der Waals surface area contributed by atoms with E-state index in [4.69, 9.17) is 11.6 Å². The summed E-state index contributed by atoms with van der Waals surface area (Å²) in [6, 6.07) is 1.43. The molecule has 1 aromatic rings. The summed E-state index contributed by atoms with van der Waals surface area (Å²) >= 11 is 9.94. The standard InChI is InChI=1S/C11H15BrClN3O3S2/c1-15-2-4-16(5-3-15)9(17)7-14-21(18,19)10-6-8(12)11(13)20-10/h6,14H,2-5,7H2,1H3. The fraction of sp³-hybridized carbons (Fsp3) is 0.545. The van der Waals surface area contributed by atoms with Gasteiger partial charge in [0.2, 0.25) is 5.91 Å². The lowest BCUT2D eigenvalue weighted by Crippen LogP contribution is -2.49. The normalized spacial score (nSPS) is 17.2. The van der Waals surface area contributed by atoms with Crippen LogP contribution in [0.25, 0.3) is 0 Å². The summed E-state index contributed by atoms with van der Waals surface area (Å²) in [4.78, 5) is 15.8. The molecule has 0 saturated carbocycles. The average molecular weight is 417 g/mol. The zero-order chi connectivity index (χ0) is 15.6. The Kier molecular flexibility index (Phi) is 5.66. The molecule has 1 amide bonds. The highest BCUT2D eigenvalue weighted by molar-refractivity contribution is 9.10. The van der Waals surface area contributed by atoms with E-state index in [0.717, 1.165) is 24.4 Å². The van der Waals surface area contributed by atoms with Crippen molar-refractivity contribution in [3.8, 4) is 0 Å². The monoisotopic (exact) mass is 415 g/mol. The van der Waals surface area contributed by atoms with Crippen LogP contribution in [0, 0.1) is 0 Å². The predicted molar refractivity (Wildman–Crippen MR) is 86.3 cm³/mol. The van der Waals surface area contributed by atoms with Gasteiger partial charge in [-0.05, 0) is 29.0 Å². The topological polar surface area (TPSA) is 69.7 Å². The van der Waals surface area contributed by atoms with Gasteiger partial charge in [-0.15, -0.1) is 11.3 Å². The number of nitrogens with zero attached hydrogens (tertiary/aromatic N) is 2. The first-order chi connectivity index (χ1) is 9.79. The van der Waals surface area contributed by atoms with Crippen LogP contribution in [-0.2, 0) is 14.8 Å². The van der Waals surface area contributed by atoms with Crippen LogP contribution in [0.2, 0.25) is 4.34 Å². The van der Waals surface area contributed by atoms with Crippen molar-refractivity contribution in [3.05, 3.63) is 14.9 Å². The first kappa shape index (κ1) is 17.2. The van der Waals surface area contributed by atoms with Gasteiger partial charge < -0.3 is 9.80 Å². The highest BCUT2D eigenvalue weighted by Crippen LogP contribution is 2.34. The maximum atomic E-state index is 12.1. The number of likely N-dealkylation sites (N-methyl/N-ethyl adjacent to an activating group) is 1. The minimum atomic E-state index is -3.71. The van der Waals surface area contributed by atoms with E-state index < -0.39 is 10.0 Å². The number of nitrogens with one attached hydrogen (secondary N) is 1. The van der Waals surface area contributed by atoms with Crippen molar-refractivity contribution >= 4 is 54.8 Å². The molecule has 0 bridgehead atoms. The van der Waals surface area contributed by atoms with Gasteiger partial charge in [0.05, 0.1) is 6.54 Å². The summed E-state index contributed by atoms with van der Waals surface area (Å²) in [6.45, 7) is 2.60. The lowest BCUT2D eigenvalue weighted by Gasteiger charge is -2.32. The number of hydrogen-bond donors (Lipinski definition) is 1. The maximum absolute atomic E-state index is 12.1. The minimum absolute atomic E-state index is 0.0885. The second kappa shape index (κ2) is 6.93. The molecule has 10 heteroatoms. The minimum Gasteiger partial charge on any atom is -0.339 e. The van der Waals surface area contributed by atoms with E-state index in [0.29, 0.717) is 21.9 Å². The Labute approximate surface area is 141 Å². The molecule has 1 fully saturated rings. The van der Waals surface area contributed by atoms with Gasteiger partial charge in [0.25, 0.3) is 10.0 Å². The number of amides is 1. The number of hydrogen-bond acceptors (Lipinski definition) is 5. The van der Waals surface area contributed by atoms with Crippen LogP contribution >= 0.6 is 38.9 Å². The number of rotatable bonds is 4.